The summed E-state index contributed by atoms with van der Waals surface area (Å²) >= 11 is 0. The van der Waals surface area contributed by atoms with Crippen molar-refractivity contribution in [3.05, 3.63) is 29.3 Å². The smallest absolute Gasteiger partial charge is 0.119 e. The van der Waals surface area contributed by atoms with Crippen LogP contribution in [0, 0.1) is 6.92 Å². The molecular formula is C14H21NO. The minimum atomic E-state index is 0.700. The Labute approximate surface area is 98.0 Å². The number of methoxy groups -OCH3 is 1. The maximum Gasteiger partial charge on any atom is 0.119 e. The molecule has 0 aromatic heterocycles. The summed E-state index contributed by atoms with van der Waals surface area (Å²) in [7, 11) is 3.79. The molecule has 16 heavy (non-hydrogen) atoms. The normalized spacial score (nSPS) is 24.7. The molecule has 0 amide bonds. The van der Waals surface area contributed by atoms with Crippen LogP contribution in [-0.4, -0.2) is 20.2 Å². The van der Waals surface area contributed by atoms with Gasteiger partial charge in [0.05, 0.1) is 7.11 Å². The summed E-state index contributed by atoms with van der Waals surface area (Å²) in [4.78, 5) is 0. The molecule has 2 heteroatoms. The van der Waals surface area contributed by atoms with Gasteiger partial charge in [-0.15, -0.1) is 0 Å². The quantitative estimate of drug-likeness (QED) is 0.844. The maximum absolute atomic E-state index is 5.24. The van der Waals surface area contributed by atoms with Crippen LogP contribution in [0.5, 0.6) is 5.75 Å². The summed E-state index contributed by atoms with van der Waals surface area (Å²) < 4.78 is 5.24. The third kappa shape index (κ3) is 2.22. The topological polar surface area (TPSA) is 21.3 Å². The number of ether oxygens (including phenoxy) is 1. The van der Waals surface area contributed by atoms with Crippen molar-refractivity contribution in [3.63, 3.8) is 0 Å². The van der Waals surface area contributed by atoms with Crippen LogP contribution in [-0.2, 0) is 0 Å². The van der Waals surface area contributed by atoms with Gasteiger partial charge in [-0.05, 0) is 62.4 Å². The van der Waals surface area contributed by atoms with E-state index in [1.807, 2.05) is 0 Å². The lowest BCUT2D eigenvalue weighted by Crippen LogP contribution is -2.21. The van der Waals surface area contributed by atoms with Crippen molar-refractivity contribution in [1.82, 2.24) is 5.32 Å². The Morgan fingerprint density at radius 1 is 1.31 bits per heavy atom. The summed E-state index contributed by atoms with van der Waals surface area (Å²) in [6, 6.07) is 7.15. The lowest BCUT2D eigenvalue weighted by atomic mass is 9.93. The van der Waals surface area contributed by atoms with E-state index in [0.29, 0.717) is 6.04 Å². The Morgan fingerprint density at radius 3 is 2.69 bits per heavy atom. The minimum Gasteiger partial charge on any atom is -0.497 e. The SMILES string of the molecule is CNC1CCC(c2ccc(OC)cc2C)C1. The molecule has 1 aliphatic carbocycles. The zero-order valence-corrected chi connectivity index (χ0v) is 10.4. The van der Waals surface area contributed by atoms with E-state index in [2.05, 4.69) is 37.5 Å². The van der Waals surface area contributed by atoms with E-state index in [-0.39, 0.29) is 0 Å². The molecule has 1 aliphatic rings. The summed E-state index contributed by atoms with van der Waals surface area (Å²) in [6.07, 6.45) is 3.87. The summed E-state index contributed by atoms with van der Waals surface area (Å²) in [5.41, 5.74) is 2.86. The lowest BCUT2D eigenvalue weighted by Gasteiger charge is -2.15. The third-order valence-electron chi connectivity index (χ3n) is 3.76. The third-order valence-corrected chi connectivity index (χ3v) is 3.76. The first-order chi connectivity index (χ1) is 7.74. The first kappa shape index (κ1) is 11.5. The van der Waals surface area contributed by atoms with E-state index >= 15 is 0 Å². The van der Waals surface area contributed by atoms with Crippen molar-refractivity contribution in [3.8, 4) is 5.75 Å². The van der Waals surface area contributed by atoms with Crippen LogP contribution < -0.4 is 10.1 Å². The second-order valence-corrected chi connectivity index (χ2v) is 4.72. The molecule has 0 radical (unpaired) electrons. The first-order valence-electron chi connectivity index (χ1n) is 6.06. The molecule has 0 aliphatic heterocycles. The van der Waals surface area contributed by atoms with Gasteiger partial charge in [-0.1, -0.05) is 6.07 Å². The predicted molar refractivity (Wildman–Crippen MR) is 67.2 cm³/mol. The van der Waals surface area contributed by atoms with Gasteiger partial charge in [0.25, 0.3) is 0 Å². The van der Waals surface area contributed by atoms with Crippen LogP contribution in [0.25, 0.3) is 0 Å². The number of aryl methyl sites for hydroxylation is 1. The zero-order valence-electron chi connectivity index (χ0n) is 10.4. The Bertz CT molecular complexity index is 362. The molecule has 1 aromatic rings. The minimum absolute atomic E-state index is 0.700. The highest BCUT2D eigenvalue weighted by atomic mass is 16.5. The first-order valence-corrected chi connectivity index (χ1v) is 6.06. The molecule has 0 heterocycles. The van der Waals surface area contributed by atoms with Gasteiger partial charge >= 0.3 is 0 Å². The van der Waals surface area contributed by atoms with Gasteiger partial charge in [0, 0.05) is 6.04 Å². The standard InChI is InChI=1S/C14H21NO/c1-10-8-13(16-3)6-7-14(10)11-4-5-12(9-11)15-2/h6-8,11-12,15H,4-5,9H2,1-3H3. The predicted octanol–water partition coefficient (Wildman–Crippen LogP) is 2.86. The fourth-order valence-electron chi connectivity index (χ4n) is 2.76. The Hall–Kier alpha value is -1.02. The van der Waals surface area contributed by atoms with E-state index in [4.69, 9.17) is 4.74 Å². The molecule has 2 atom stereocenters. The van der Waals surface area contributed by atoms with Gasteiger partial charge in [0.2, 0.25) is 0 Å². The number of rotatable bonds is 3. The van der Waals surface area contributed by atoms with Gasteiger partial charge in [0.15, 0.2) is 0 Å². The van der Waals surface area contributed by atoms with Crippen molar-refractivity contribution in [2.24, 2.45) is 0 Å². The van der Waals surface area contributed by atoms with Crippen LogP contribution >= 0.6 is 0 Å². The van der Waals surface area contributed by atoms with Crippen molar-refractivity contribution in [2.45, 2.75) is 38.1 Å². The van der Waals surface area contributed by atoms with Crippen molar-refractivity contribution in [1.29, 1.82) is 0 Å². The second-order valence-electron chi connectivity index (χ2n) is 4.72. The van der Waals surface area contributed by atoms with Gasteiger partial charge in [-0.25, -0.2) is 0 Å². The van der Waals surface area contributed by atoms with Crippen LogP contribution in [0.4, 0.5) is 0 Å². The Kier molecular flexibility index (Phi) is 3.49. The second kappa shape index (κ2) is 4.88. The fourth-order valence-corrected chi connectivity index (χ4v) is 2.76. The van der Waals surface area contributed by atoms with Gasteiger partial charge in [-0.3, -0.25) is 0 Å². The average molecular weight is 219 g/mol. The Balaban J connectivity index is 2.15. The molecule has 0 saturated heterocycles. The van der Waals surface area contributed by atoms with E-state index in [0.717, 1.165) is 11.7 Å². The van der Waals surface area contributed by atoms with Gasteiger partial charge in [0.1, 0.15) is 5.75 Å². The molecule has 1 aromatic carbocycles. The molecule has 1 saturated carbocycles. The van der Waals surface area contributed by atoms with E-state index in [9.17, 15) is 0 Å². The van der Waals surface area contributed by atoms with E-state index in [1.165, 1.54) is 30.4 Å². The van der Waals surface area contributed by atoms with E-state index < -0.39 is 0 Å². The fraction of sp³-hybridized carbons (Fsp3) is 0.571. The number of hydrogen-bond donors (Lipinski definition) is 1. The lowest BCUT2D eigenvalue weighted by molar-refractivity contribution is 0.414. The zero-order chi connectivity index (χ0) is 11.5. The summed E-state index contributed by atoms with van der Waals surface area (Å²) in [5, 5.41) is 3.38. The Morgan fingerprint density at radius 2 is 2.12 bits per heavy atom. The van der Waals surface area contributed by atoms with Gasteiger partial charge in [-0.2, -0.15) is 0 Å². The van der Waals surface area contributed by atoms with Gasteiger partial charge < -0.3 is 10.1 Å². The molecule has 1 N–H and O–H groups in total. The molecule has 2 rings (SSSR count). The monoisotopic (exact) mass is 219 g/mol. The highest BCUT2D eigenvalue weighted by molar-refractivity contribution is 5.37. The van der Waals surface area contributed by atoms with Crippen molar-refractivity contribution < 1.29 is 4.74 Å². The molecule has 1 fully saturated rings. The summed E-state index contributed by atoms with van der Waals surface area (Å²) in [6.45, 7) is 2.19. The molecule has 0 spiro atoms. The van der Waals surface area contributed by atoms with Crippen LogP contribution in [0.1, 0.15) is 36.3 Å². The number of hydrogen-bond acceptors (Lipinski definition) is 2. The van der Waals surface area contributed by atoms with Crippen molar-refractivity contribution in [2.75, 3.05) is 14.2 Å². The van der Waals surface area contributed by atoms with Crippen molar-refractivity contribution >= 4 is 0 Å². The van der Waals surface area contributed by atoms with Crippen LogP contribution in [0.15, 0.2) is 18.2 Å². The van der Waals surface area contributed by atoms with Crippen LogP contribution in [0.2, 0.25) is 0 Å². The maximum atomic E-state index is 5.24. The molecule has 2 unspecified atom stereocenters. The molecule has 0 bridgehead atoms. The molecular weight excluding hydrogens is 198 g/mol. The largest absolute Gasteiger partial charge is 0.497 e. The highest BCUT2D eigenvalue weighted by Crippen LogP contribution is 2.36. The molecule has 88 valence electrons. The van der Waals surface area contributed by atoms with E-state index in [1.54, 1.807) is 7.11 Å². The average Bonchev–Trinajstić information content (AvgIpc) is 2.77. The number of nitrogens with one attached hydrogen (secondary N) is 1. The van der Waals surface area contributed by atoms with Crippen LogP contribution in [0.3, 0.4) is 0 Å². The highest BCUT2D eigenvalue weighted by Gasteiger charge is 2.25. The number of benzene rings is 1. The molecule has 2 nitrogen and oxygen atoms in total. The summed E-state index contributed by atoms with van der Waals surface area (Å²) in [5.74, 6) is 1.69.